The third-order valence-electron chi connectivity index (χ3n) is 2.70. The maximum atomic E-state index is 8.71. The summed E-state index contributed by atoms with van der Waals surface area (Å²) in [6.45, 7) is 4.60. The zero-order valence-corrected chi connectivity index (χ0v) is 10.5. The molecule has 1 heterocycles. The summed E-state index contributed by atoms with van der Waals surface area (Å²) in [6.07, 6.45) is 1.72. The lowest BCUT2D eigenvalue weighted by atomic mass is 10.1. The lowest BCUT2D eigenvalue weighted by molar-refractivity contribution is 0.402. The molecule has 1 aromatic heterocycles. The Morgan fingerprint density at radius 2 is 2.11 bits per heavy atom. The fraction of sp³-hybridized carbons (Fsp3) is 0.286. The molecule has 0 aliphatic carbocycles. The monoisotopic (exact) mass is 241 g/mol. The average molecular weight is 241 g/mol. The Morgan fingerprint density at radius 3 is 2.67 bits per heavy atom. The maximum Gasteiger partial charge on any atom is 0.211 e. The van der Waals surface area contributed by atoms with Crippen LogP contribution < -0.4 is 5.32 Å². The summed E-state index contributed by atoms with van der Waals surface area (Å²) in [6, 6.07) is 9.69. The van der Waals surface area contributed by atoms with E-state index in [0.717, 1.165) is 11.3 Å². The van der Waals surface area contributed by atoms with Gasteiger partial charge in [0.15, 0.2) is 0 Å². The first kappa shape index (κ1) is 12.3. The highest BCUT2D eigenvalue weighted by molar-refractivity contribution is 5.31. The van der Waals surface area contributed by atoms with E-state index < -0.39 is 0 Å². The predicted octanol–water partition coefficient (Wildman–Crippen LogP) is 2.71. The number of hydrogen-bond acceptors (Lipinski definition) is 4. The smallest absolute Gasteiger partial charge is 0.211 e. The molecule has 0 radical (unpaired) electrons. The molecule has 0 bridgehead atoms. The van der Waals surface area contributed by atoms with Crippen molar-refractivity contribution in [3.8, 4) is 6.07 Å². The zero-order valence-electron chi connectivity index (χ0n) is 10.5. The van der Waals surface area contributed by atoms with Gasteiger partial charge in [0.25, 0.3) is 0 Å². The van der Waals surface area contributed by atoms with E-state index >= 15 is 0 Å². The maximum absolute atomic E-state index is 8.71. The summed E-state index contributed by atoms with van der Waals surface area (Å²) >= 11 is 0. The van der Waals surface area contributed by atoms with Crippen LogP contribution in [-0.4, -0.2) is 4.98 Å². The number of nitriles is 1. The minimum absolute atomic E-state index is 0.0642. The van der Waals surface area contributed by atoms with E-state index in [-0.39, 0.29) is 6.04 Å². The molecule has 0 spiro atoms. The van der Waals surface area contributed by atoms with Crippen molar-refractivity contribution in [2.24, 2.45) is 0 Å². The number of aryl methyl sites for hydroxylation is 1. The van der Waals surface area contributed by atoms with Crippen LogP contribution in [0.25, 0.3) is 0 Å². The molecule has 1 unspecified atom stereocenters. The first-order valence-corrected chi connectivity index (χ1v) is 5.84. The Balaban J connectivity index is 1.93. The van der Waals surface area contributed by atoms with Crippen LogP contribution >= 0.6 is 0 Å². The minimum atomic E-state index is 0.0642. The third kappa shape index (κ3) is 2.96. The van der Waals surface area contributed by atoms with E-state index in [0.29, 0.717) is 18.0 Å². The molecule has 2 rings (SSSR count). The molecular weight excluding hydrogens is 226 g/mol. The Labute approximate surface area is 106 Å². The second kappa shape index (κ2) is 5.48. The van der Waals surface area contributed by atoms with Gasteiger partial charge in [-0.15, -0.1) is 0 Å². The molecule has 1 atom stereocenters. The molecule has 4 nitrogen and oxygen atoms in total. The predicted molar refractivity (Wildman–Crippen MR) is 67.7 cm³/mol. The van der Waals surface area contributed by atoms with Crippen LogP contribution in [0.3, 0.4) is 0 Å². The number of hydrogen-bond donors (Lipinski definition) is 1. The first-order valence-electron chi connectivity index (χ1n) is 5.84. The molecule has 0 saturated heterocycles. The zero-order chi connectivity index (χ0) is 13.0. The van der Waals surface area contributed by atoms with Gasteiger partial charge in [0.2, 0.25) is 5.89 Å². The van der Waals surface area contributed by atoms with E-state index in [1.807, 2.05) is 38.1 Å². The van der Waals surface area contributed by atoms with Gasteiger partial charge in [0.05, 0.1) is 23.9 Å². The fourth-order valence-corrected chi connectivity index (χ4v) is 1.63. The number of aromatic nitrogens is 1. The Morgan fingerprint density at radius 1 is 1.39 bits per heavy atom. The molecule has 0 fully saturated rings. The molecule has 0 amide bonds. The van der Waals surface area contributed by atoms with Gasteiger partial charge in [-0.05, 0) is 31.5 Å². The lowest BCUT2D eigenvalue weighted by Gasteiger charge is -2.10. The highest BCUT2D eigenvalue weighted by atomic mass is 16.4. The van der Waals surface area contributed by atoms with Crippen molar-refractivity contribution in [2.45, 2.75) is 26.4 Å². The van der Waals surface area contributed by atoms with Gasteiger partial charge in [-0.2, -0.15) is 5.26 Å². The van der Waals surface area contributed by atoms with Gasteiger partial charge >= 0.3 is 0 Å². The fourth-order valence-electron chi connectivity index (χ4n) is 1.63. The largest absolute Gasteiger partial charge is 0.444 e. The molecule has 18 heavy (non-hydrogen) atoms. The standard InChI is InChI=1S/C14H15N3O/c1-10-8-17-14(18-10)11(2)16-9-13-5-3-12(7-15)4-6-13/h3-6,8,11,16H,9H2,1-2H3. The molecule has 4 heteroatoms. The SMILES string of the molecule is Cc1cnc(C(C)NCc2ccc(C#N)cc2)o1. The summed E-state index contributed by atoms with van der Waals surface area (Å²) in [5.74, 6) is 1.51. The van der Waals surface area contributed by atoms with E-state index in [2.05, 4.69) is 16.4 Å². The summed E-state index contributed by atoms with van der Waals surface area (Å²) in [5, 5.41) is 12.0. The summed E-state index contributed by atoms with van der Waals surface area (Å²) in [7, 11) is 0. The van der Waals surface area contributed by atoms with Crippen molar-refractivity contribution >= 4 is 0 Å². The highest BCUT2D eigenvalue weighted by Gasteiger charge is 2.10. The van der Waals surface area contributed by atoms with E-state index in [4.69, 9.17) is 9.68 Å². The van der Waals surface area contributed by atoms with Crippen LogP contribution in [-0.2, 0) is 6.54 Å². The first-order chi connectivity index (χ1) is 8.69. The van der Waals surface area contributed by atoms with Crippen LogP contribution in [0.5, 0.6) is 0 Å². The van der Waals surface area contributed by atoms with Crippen molar-refractivity contribution in [3.63, 3.8) is 0 Å². The number of nitrogens with zero attached hydrogens (tertiary/aromatic N) is 2. The van der Waals surface area contributed by atoms with Crippen molar-refractivity contribution in [2.75, 3.05) is 0 Å². The van der Waals surface area contributed by atoms with Crippen molar-refractivity contribution in [1.82, 2.24) is 10.3 Å². The highest BCUT2D eigenvalue weighted by Crippen LogP contribution is 2.13. The topological polar surface area (TPSA) is 61.9 Å². The van der Waals surface area contributed by atoms with E-state index in [1.165, 1.54) is 0 Å². The Kier molecular flexibility index (Phi) is 3.75. The second-order valence-electron chi connectivity index (χ2n) is 4.22. The van der Waals surface area contributed by atoms with Crippen LogP contribution in [0.15, 0.2) is 34.9 Å². The van der Waals surface area contributed by atoms with Crippen molar-refractivity contribution < 1.29 is 4.42 Å². The lowest BCUT2D eigenvalue weighted by Crippen LogP contribution is -2.18. The minimum Gasteiger partial charge on any atom is -0.444 e. The van der Waals surface area contributed by atoms with Crippen LogP contribution in [0.1, 0.15) is 35.7 Å². The van der Waals surface area contributed by atoms with Crippen molar-refractivity contribution in [1.29, 1.82) is 5.26 Å². The van der Waals surface area contributed by atoms with E-state index in [9.17, 15) is 0 Å². The number of rotatable bonds is 4. The van der Waals surface area contributed by atoms with Gasteiger partial charge in [-0.25, -0.2) is 4.98 Å². The van der Waals surface area contributed by atoms with Gasteiger partial charge < -0.3 is 9.73 Å². The molecule has 1 N–H and O–H groups in total. The molecule has 92 valence electrons. The third-order valence-corrected chi connectivity index (χ3v) is 2.70. The Bertz CT molecular complexity index is 551. The summed E-state index contributed by atoms with van der Waals surface area (Å²) in [5.41, 5.74) is 1.80. The Hall–Kier alpha value is -2.12. The molecular formula is C14H15N3O. The summed E-state index contributed by atoms with van der Waals surface area (Å²) in [4.78, 5) is 4.18. The second-order valence-corrected chi connectivity index (χ2v) is 4.22. The molecule has 0 saturated carbocycles. The average Bonchev–Trinajstić information content (AvgIpc) is 2.83. The number of nitrogens with one attached hydrogen (secondary N) is 1. The molecule has 0 aliphatic rings. The van der Waals surface area contributed by atoms with Gasteiger partial charge in [0, 0.05) is 6.54 Å². The van der Waals surface area contributed by atoms with E-state index in [1.54, 1.807) is 6.20 Å². The molecule has 2 aromatic rings. The number of benzene rings is 1. The number of oxazole rings is 1. The normalized spacial score (nSPS) is 12.1. The van der Waals surface area contributed by atoms with Gasteiger partial charge in [0.1, 0.15) is 5.76 Å². The van der Waals surface area contributed by atoms with Crippen molar-refractivity contribution in [3.05, 3.63) is 53.2 Å². The molecule has 0 aliphatic heterocycles. The molecule has 1 aromatic carbocycles. The van der Waals surface area contributed by atoms with Crippen LogP contribution in [0.4, 0.5) is 0 Å². The quantitative estimate of drug-likeness (QED) is 0.894. The van der Waals surface area contributed by atoms with Gasteiger partial charge in [-0.1, -0.05) is 12.1 Å². The van der Waals surface area contributed by atoms with Gasteiger partial charge in [-0.3, -0.25) is 0 Å². The summed E-state index contributed by atoms with van der Waals surface area (Å²) < 4.78 is 5.45. The van der Waals surface area contributed by atoms with Crippen LogP contribution in [0, 0.1) is 18.3 Å². The van der Waals surface area contributed by atoms with Crippen LogP contribution in [0.2, 0.25) is 0 Å².